The van der Waals surface area contributed by atoms with Gasteiger partial charge in [0.25, 0.3) is 0 Å². The lowest BCUT2D eigenvalue weighted by Gasteiger charge is -2.20. The minimum absolute atomic E-state index is 0.0350. The number of hydrogen-bond acceptors (Lipinski definition) is 7. The first-order chi connectivity index (χ1) is 12.3. The Labute approximate surface area is 161 Å². The lowest BCUT2D eigenvalue weighted by molar-refractivity contribution is 0.0201. The van der Waals surface area contributed by atoms with Crippen molar-refractivity contribution in [3.8, 4) is 11.5 Å². The summed E-state index contributed by atoms with van der Waals surface area (Å²) in [5.74, 6) is 0.146. The third-order valence-corrected chi connectivity index (χ3v) is 2.38. The van der Waals surface area contributed by atoms with Gasteiger partial charge in [-0.3, -0.25) is 0 Å². The highest BCUT2D eigenvalue weighted by atomic mass is 16.7. The molecule has 0 saturated heterocycles. The van der Waals surface area contributed by atoms with Crippen LogP contribution in [0.15, 0.2) is 18.2 Å². The molecular weight excluding hydrogens is 352 g/mol. The molecule has 27 heavy (non-hydrogen) atoms. The molecule has 1 aromatic carbocycles. The third-order valence-electron chi connectivity index (χ3n) is 2.38. The van der Waals surface area contributed by atoms with E-state index >= 15 is 0 Å². The first kappa shape index (κ1) is 24.7. The van der Waals surface area contributed by atoms with Crippen molar-refractivity contribution in [3.63, 3.8) is 0 Å². The Kier molecular flexibility index (Phi) is 9.86. The molecule has 0 atom stereocenters. The Balaban J connectivity index is 0.00000210. The zero-order valence-corrected chi connectivity index (χ0v) is 17.5. The maximum absolute atomic E-state index is 11.8. The van der Waals surface area contributed by atoms with Crippen LogP contribution in [0.25, 0.3) is 0 Å². The second kappa shape index (κ2) is 10.8. The molecule has 154 valence electrons. The van der Waals surface area contributed by atoms with Gasteiger partial charge in [0.05, 0.1) is 6.61 Å². The van der Waals surface area contributed by atoms with Crippen LogP contribution in [0.4, 0.5) is 9.59 Å². The minimum Gasteiger partial charge on any atom is -0.428 e. The van der Waals surface area contributed by atoms with Gasteiger partial charge in [0.15, 0.2) is 0 Å². The number of benzene rings is 1. The van der Waals surface area contributed by atoms with E-state index in [0.717, 1.165) is 0 Å². The highest BCUT2D eigenvalue weighted by Gasteiger charge is 2.21. The number of hydrogen-bond donors (Lipinski definition) is 1. The quantitative estimate of drug-likeness (QED) is 0.564. The summed E-state index contributed by atoms with van der Waals surface area (Å²) in [4.78, 5) is 23.4. The number of aliphatic hydroxyl groups is 1. The average Bonchev–Trinajstić information content (AvgIpc) is 2.44. The van der Waals surface area contributed by atoms with Crippen LogP contribution in [0.1, 0.15) is 67.4 Å². The summed E-state index contributed by atoms with van der Waals surface area (Å²) in [7, 11) is 0. The second-order valence-electron chi connectivity index (χ2n) is 7.77. The molecule has 0 heterocycles. The number of carbonyl (C=O) groups excluding carboxylic acids is 2. The monoisotopic (exact) mass is 384 g/mol. The summed E-state index contributed by atoms with van der Waals surface area (Å²) in [6, 6.07) is 4.23. The van der Waals surface area contributed by atoms with E-state index in [1.807, 2.05) is 0 Å². The van der Waals surface area contributed by atoms with Crippen molar-refractivity contribution in [1.82, 2.24) is 0 Å². The average molecular weight is 384 g/mol. The molecule has 0 saturated carbocycles. The van der Waals surface area contributed by atoms with Crippen molar-refractivity contribution in [2.75, 3.05) is 0 Å². The van der Waals surface area contributed by atoms with E-state index in [4.69, 9.17) is 18.9 Å². The molecule has 7 heteroatoms. The fraction of sp³-hybridized carbons (Fsp3) is 0.600. The van der Waals surface area contributed by atoms with E-state index in [1.165, 1.54) is 24.6 Å². The van der Waals surface area contributed by atoms with Crippen LogP contribution in [-0.4, -0.2) is 28.6 Å². The van der Waals surface area contributed by atoms with Crippen LogP contribution in [0.5, 0.6) is 11.5 Å². The van der Waals surface area contributed by atoms with Gasteiger partial charge in [0.1, 0.15) is 22.7 Å². The normalized spacial score (nSPS) is 11.0. The highest BCUT2D eigenvalue weighted by molar-refractivity contribution is 5.67. The molecule has 0 unspecified atom stereocenters. The molecule has 0 amide bonds. The fourth-order valence-electron chi connectivity index (χ4n) is 1.55. The summed E-state index contributed by atoms with van der Waals surface area (Å²) >= 11 is 0. The van der Waals surface area contributed by atoms with Gasteiger partial charge >= 0.3 is 12.3 Å². The third kappa shape index (κ3) is 11.9. The maximum Gasteiger partial charge on any atom is 0.514 e. The molecule has 0 radical (unpaired) electrons. The Morgan fingerprint density at radius 2 is 1.33 bits per heavy atom. The Bertz CT molecular complexity index is 610. The zero-order chi connectivity index (χ0) is 21.3. The van der Waals surface area contributed by atoms with E-state index < -0.39 is 23.5 Å². The van der Waals surface area contributed by atoms with Crippen molar-refractivity contribution < 1.29 is 33.6 Å². The van der Waals surface area contributed by atoms with Gasteiger partial charge in [-0.15, -0.1) is 0 Å². The molecule has 0 aromatic heterocycles. The molecule has 1 rings (SSSR count). The van der Waals surface area contributed by atoms with Gasteiger partial charge < -0.3 is 24.1 Å². The Hall–Kier alpha value is -2.28. The van der Waals surface area contributed by atoms with Crippen molar-refractivity contribution >= 4 is 12.3 Å². The van der Waals surface area contributed by atoms with Gasteiger partial charge in [-0.1, -0.05) is 20.3 Å². The number of carbonyl (C=O) groups is 2. The standard InChI is InChI=1S/C17H24O7.C3H8/c1-16(2,3)23-14(19)21-12-8-7-11(10-18)13(9-12)22-15(20)24-17(4,5)6;1-3-2/h7-9,18H,10H2,1-6H3;3H2,1-2H3. The lowest BCUT2D eigenvalue weighted by Crippen LogP contribution is -2.26. The van der Waals surface area contributed by atoms with E-state index in [-0.39, 0.29) is 18.1 Å². The van der Waals surface area contributed by atoms with E-state index in [0.29, 0.717) is 5.56 Å². The van der Waals surface area contributed by atoms with Crippen LogP contribution < -0.4 is 9.47 Å². The summed E-state index contributed by atoms with van der Waals surface area (Å²) in [5, 5.41) is 9.32. The molecule has 0 bridgehead atoms. The molecular formula is C20H32O7. The SMILES string of the molecule is CC(C)(C)OC(=O)Oc1ccc(CO)c(OC(=O)OC(C)(C)C)c1.CCC. The number of rotatable bonds is 3. The van der Waals surface area contributed by atoms with Gasteiger partial charge in [-0.2, -0.15) is 0 Å². The Morgan fingerprint density at radius 1 is 0.889 bits per heavy atom. The number of aliphatic hydroxyl groups excluding tert-OH is 1. The van der Waals surface area contributed by atoms with Crippen molar-refractivity contribution in [2.45, 2.75) is 79.6 Å². The number of ether oxygens (including phenoxy) is 4. The van der Waals surface area contributed by atoms with Gasteiger partial charge in [-0.25, -0.2) is 9.59 Å². The van der Waals surface area contributed by atoms with E-state index in [9.17, 15) is 14.7 Å². The van der Waals surface area contributed by atoms with E-state index in [2.05, 4.69) is 13.8 Å². The predicted octanol–water partition coefficient (Wildman–Crippen LogP) is 5.22. The second-order valence-corrected chi connectivity index (χ2v) is 7.77. The van der Waals surface area contributed by atoms with Crippen molar-refractivity contribution in [2.24, 2.45) is 0 Å². The fourth-order valence-corrected chi connectivity index (χ4v) is 1.55. The molecule has 0 spiro atoms. The summed E-state index contributed by atoms with van der Waals surface area (Å²) in [6.07, 6.45) is -0.561. The summed E-state index contributed by atoms with van der Waals surface area (Å²) in [5.41, 5.74) is -1.07. The minimum atomic E-state index is -0.924. The highest BCUT2D eigenvalue weighted by Crippen LogP contribution is 2.27. The van der Waals surface area contributed by atoms with Crippen LogP contribution in [0.3, 0.4) is 0 Å². The molecule has 1 aromatic rings. The first-order valence-corrected chi connectivity index (χ1v) is 8.86. The topological polar surface area (TPSA) is 91.3 Å². The maximum atomic E-state index is 11.8. The molecule has 0 aliphatic carbocycles. The van der Waals surface area contributed by atoms with Crippen LogP contribution in [-0.2, 0) is 16.1 Å². The van der Waals surface area contributed by atoms with Crippen LogP contribution in [0.2, 0.25) is 0 Å². The van der Waals surface area contributed by atoms with Gasteiger partial charge in [-0.05, 0) is 53.7 Å². The van der Waals surface area contributed by atoms with Crippen molar-refractivity contribution in [3.05, 3.63) is 23.8 Å². The first-order valence-electron chi connectivity index (χ1n) is 8.86. The van der Waals surface area contributed by atoms with Crippen LogP contribution in [0, 0.1) is 0 Å². The molecule has 1 N–H and O–H groups in total. The predicted molar refractivity (Wildman–Crippen MR) is 102 cm³/mol. The molecule has 0 aliphatic rings. The van der Waals surface area contributed by atoms with Gasteiger partial charge in [0.2, 0.25) is 0 Å². The lowest BCUT2D eigenvalue weighted by atomic mass is 10.2. The summed E-state index contributed by atoms with van der Waals surface area (Å²) in [6.45, 7) is 14.1. The summed E-state index contributed by atoms with van der Waals surface area (Å²) < 4.78 is 20.2. The van der Waals surface area contributed by atoms with E-state index in [1.54, 1.807) is 41.5 Å². The molecule has 0 fully saturated rings. The smallest absolute Gasteiger partial charge is 0.428 e. The largest absolute Gasteiger partial charge is 0.514 e. The molecule has 7 nitrogen and oxygen atoms in total. The van der Waals surface area contributed by atoms with Gasteiger partial charge in [0, 0.05) is 11.6 Å². The Morgan fingerprint density at radius 3 is 1.74 bits per heavy atom. The zero-order valence-electron chi connectivity index (χ0n) is 17.5. The van der Waals surface area contributed by atoms with Crippen molar-refractivity contribution in [1.29, 1.82) is 0 Å². The van der Waals surface area contributed by atoms with Crippen LogP contribution >= 0.6 is 0 Å². The molecule has 0 aliphatic heterocycles.